The van der Waals surface area contributed by atoms with Crippen molar-refractivity contribution in [2.75, 3.05) is 0 Å². The minimum atomic E-state index is -0.200. The summed E-state index contributed by atoms with van der Waals surface area (Å²) in [6, 6.07) is 5.44. The lowest BCUT2D eigenvalue weighted by Crippen LogP contribution is -2.45. The molecule has 0 bridgehead atoms. The maximum atomic E-state index is 10.4. The number of aliphatic hydroxyl groups is 1. The third-order valence-electron chi connectivity index (χ3n) is 6.68. The molecule has 4 rings (SSSR count). The van der Waals surface area contributed by atoms with E-state index in [9.17, 15) is 15.4 Å². The Labute approximate surface area is 130 Å². The molecule has 22 heavy (non-hydrogen) atoms. The predicted molar refractivity (Wildman–Crippen MR) is 83.4 cm³/mol. The van der Waals surface area contributed by atoms with E-state index in [1.807, 2.05) is 6.07 Å². The molecule has 4 nitrogen and oxygen atoms in total. The Hall–Kier alpha value is -1.55. The Morgan fingerprint density at radius 3 is 2.82 bits per heavy atom. The molecule has 1 aromatic rings. The van der Waals surface area contributed by atoms with Crippen molar-refractivity contribution in [3.8, 4) is 5.75 Å². The highest BCUT2D eigenvalue weighted by molar-refractivity contribution is 6.03. The summed E-state index contributed by atoms with van der Waals surface area (Å²) in [4.78, 5) is 0. The number of oxime groups is 1. The molecule has 0 aromatic heterocycles. The van der Waals surface area contributed by atoms with Crippen LogP contribution in [0.3, 0.4) is 0 Å². The summed E-state index contributed by atoms with van der Waals surface area (Å²) in [5.41, 5.74) is 2.78. The molecule has 3 N–H and O–H groups in total. The quantitative estimate of drug-likeness (QED) is 0.509. The van der Waals surface area contributed by atoms with Gasteiger partial charge < -0.3 is 15.4 Å². The Morgan fingerprint density at radius 2 is 2.05 bits per heavy atom. The van der Waals surface area contributed by atoms with E-state index in [0.29, 0.717) is 23.5 Å². The lowest BCUT2D eigenvalue weighted by atomic mass is 9.55. The van der Waals surface area contributed by atoms with E-state index in [1.54, 1.807) is 12.1 Å². The maximum absolute atomic E-state index is 10.4. The van der Waals surface area contributed by atoms with E-state index in [4.69, 9.17) is 0 Å². The molecule has 2 fully saturated rings. The van der Waals surface area contributed by atoms with Crippen molar-refractivity contribution in [2.24, 2.45) is 22.4 Å². The SMILES string of the molecule is C[C@]12CC[C@@H]3c4ccc(O)cc4C(=NO)C[C@H]3[C@@H]1CC[C@@H]2O. The molecular formula is C18H23NO3. The van der Waals surface area contributed by atoms with E-state index >= 15 is 0 Å². The molecule has 0 saturated heterocycles. The fourth-order valence-corrected chi connectivity index (χ4v) is 5.48. The highest BCUT2D eigenvalue weighted by Crippen LogP contribution is 2.60. The third kappa shape index (κ3) is 1.76. The Bertz CT molecular complexity index is 641. The van der Waals surface area contributed by atoms with Crippen LogP contribution in [0, 0.1) is 17.3 Å². The van der Waals surface area contributed by atoms with Gasteiger partial charge in [-0.3, -0.25) is 0 Å². The molecule has 118 valence electrons. The molecule has 1 aromatic carbocycles. The summed E-state index contributed by atoms with van der Waals surface area (Å²) in [6.07, 6.45) is 4.60. The van der Waals surface area contributed by atoms with E-state index in [2.05, 4.69) is 12.1 Å². The van der Waals surface area contributed by atoms with Gasteiger partial charge in [-0.2, -0.15) is 0 Å². The second kappa shape index (κ2) is 4.72. The number of benzene rings is 1. The second-order valence-electron chi connectivity index (χ2n) is 7.54. The summed E-state index contributed by atoms with van der Waals surface area (Å²) in [5.74, 6) is 1.58. The van der Waals surface area contributed by atoms with Crippen LogP contribution in [0.1, 0.15) is 56.1 Å². The molecule has 4 heteroatoms. The number of nitrogens with zero attached hydrogens (tertiary/aromatic N) is 1. The minimum absolute atomic E-state index is 0.0101. The standard InChI is InChI=1S/C18H23NO3/c1-18-7-6-12-11-3-2-10(20)8-14(11)16(19-22)9-13(12)15(18)4-5-17(18)21/h2-3,8,12-13,15,17,20-22H,4-7,9H2,1H3/t12-,13-,15+,17+,18+/m1/s1. The molecular weight excluding hydrogens is 278 g/mol. The van der Waals surface area contributed by atoms with Crippen LogP contribution in [0.4, 0.5) is 0 Å². The minimum Gasteiger partial charge on any atom is -0.508 e. The number of phenols is 1. The van der Waals surface area contributed by atoms with Gasteiger partial charge in [-0.15, -0.1) is 0 Å². The summed E-state index contributed by atoms with van der Waals surface area (Å²) < 4.78 is 0. The van der Waals surface area contributed by atoms with Gasteiger partial charge in [0.25, 0.3) is 0 Å². The zero-order chi connectivity index (χ0) is 15.5. The largest absolute Gasteiger partial charge is 0.508 e. The summed E-state index contributed by atoms with van der Waals surface area (Å²) in [5, 5.41) is 33.1. The Kier molecular flexibility index (Phi) is 3.02. The van der Waals surface area contributed by atoms with Crippen LogP contribution in [0.25, 0.3) is 0 Å². The van der Waals surface area contributed by atoms with E-state index in [-0.39, 0.29) is 17.3 Å². The summed E-state index contributed by atoms with van der Waals surface area (Å²) >= 11 is 0. The van der Waals surface area contributed by atoms with Crippen molar-refractivity contribution >= 4 is 5.71 Å². The monoisotopic (exact) mass is 301 g/mol. The van der Waals surface area contributed by atoms with Gasteiger partial charge in [0.2, 0.25) is 0 Å². The fourth-order valence-electron chi connectivity index (χ4n) is 5.48. The van der Waals surface area contributed by atoms with E-state index < -0.39 is 0 Å². The topological polar surface area (TPSA) is 73.1 Å². The van der Waals surface area contributed by atoms with Crippen LogP contribution in [-0.2, 0) is 0 Å². The van der Waals surface area contributed by atoms with Gasteiger partial charge in [0, 0.05) is 5.56 Å². The van der Waals surface area contributed by atoms with Gasteiger partial charge in [0.05, 0.1) is 11.8 Å². The van der Waals surface area contributed by atoms with E-state index in [1.165, 1.54) is 5.56 Å². The average molecular weight is 301 g/mol. The van der Waals surface area contributed by atoms with Gasteiger partial charge in [-0.05, 0) is 73.0 Å². The van der Waals surface area contributed by atoms with Crippen molar-refractivity contribution in [2.45, 2.75) is 51.0 Å². The predicted octanol–water partition coefficient (Wildman–Crippen LogP) is 3.25. The molecule has 0 aliphatic heterocycles. The molecule has 0 heterocycles. The molecule has 0 unspecified atom stereocenters. The molecule has 0 amide bonds. The summed E-state index contributed by atoms with van der Waals surface area (Å²) in [7, 11) is 0. The Balaban J connectivity index is 1.79. The van der Waals surface area contributed by atoms with Crippen LogP contribution in [-0.4, -0.2) is 27.2 Å². The van der Waals surface area contributed by atoms with Crippen molar-refractivity contribution < 1.29 is 15.4 Å². The number of hydrogen-bond donors (Lipinski definition) is 3. The molecule has 3 aliphatic rings. The van der Waals surface area contributed by atoms with Crippen LogP contribution in [0.15, 0.2) is 23.4 Å². The van der Waals surface area contributed by atoms with Gasteiger partial charge in [0.1, 0.15) is 5.75 Å². The smallest absolute Gasteiger partial charge is 0.116 e. The first-order valence-electron chi connectivity index (χ1n) is 8.27. The normalized spacial score (nSPS) is 41.8. The number of rotatable bonds is 0. The average Bonchev–Trinajstić information content (AvgIpc) is 2.82. The highest BCUT2D eigenvalue weighted by atomic mass is 16.4. The summed E-state index contributed by atoms with van der Waals surface area (Å²) in [6.45, 7) is 2.23. The second-order valence-corrected chi connectivity index (χ2v) is 7.54. The van der Waals surface area contributed by atoms with Crippen LogP contribution < -0.4 is 0 Å². The maximum Gasteiger partial charge on any atom is 0.116 e. The molecule has 0 radical (unpaired) electrons. The highest BCUT2D eigenvalue weighted by Gasteiger charge is 2.55. The number of hydrogen-bond acceptors (Lipinski definition) is 4. The first kappa shape index (κ1) is 14.1. The number of aromatic hydroxyl groups is 1. The molecule has 3 aliphatic carbocycles. The van der Waals surface area contributed by atoms with Gasteiger partial charge in [-0.25, -0.2) is 0 Å². The van der Waals surface area contributed by atoms with Crippen molar-refractivity contribution in [1.29, 1.82) is 0 Å². The molecule has 5 atom stereocenters. The van der Waals surface area contributed by atoms with Crippen LogP contribution >= 0.6 is 0 Å². The van der Waals surface area contributed by atoms with Crippen LogP contribution in [0.2, 0.25) is 0 Å². The molecule has 2 saturated carbocycles. The van der Waals surface area contributed by atoms with Gasteiger partial charge in [-0.1, -0.05) is 18.1 Å². The number of aliphatic hydroxyl groups excluding tert-OH is 1. The number of fused-ring (bicyclic) bond motifs is 5. The molecule has 0 spiro atoms. The van der Waals surface area contributed by atoms with Gasteiger partial charge in [0.15, 0.2) is 0 Å². The first-order chi connectivity index (χ1) is 10.5. The first-order valence-corrected chi connectivity index (χ1v) is 8.27. The van der Waals surface area contributed by atoms with Crippen molar-refractivity contribution in [3.05, 3.63) is 29.3 Å². The number of phenolic OH excluding ortho intramolecular Hbond substituents is 1. The van der Waals surface area contributed by atoms with Crippen molar-refractivity contribution in [1.82, 2.24) is 0 Å². The van der Waals surface area contributed by atoms with Crippen molar-refractivity contribution in [3.63, 3.8) is 0 Å². The van der Waals surface area contributed by atoms with Gasteiger partial charge >= 0.3 is 0 Å². The van der Waals surface area contributed by atoms with Crippen LogP contribution in [0.5, 0.6) is 5.75 Å². The fraction of sp³-hybridized carbons (Fsp3) is 0.611. The van der Waals surface area contributed by atoms with E-state index in [0.717, 1.165) is 37.7 Å². The third-order valence-corrected chi connectivity index (χ3v) is 6.68. The Morgan fingerprint density at radius 1 is 1.23 bits per heavy atom. The zero-order valence-corrected chi connectivity index (χ0v) is 12.9. The zero-order valence-electron chi connectivity index (χ0n) is 12.9. The lowest BCUT2D eigenvalue weighted by molar-refractivity contribution is -0.0178. The lowest BCUT2D eigenvalue weighted by Gasteiger charge is -2.50.